The summed E-state index contributed by atoms with van der Waals surface area (Å²) in [5, 5.41) is 2.91. The van der Waals surface area contributed by atoms with Gasteiger partial charge in [-0.2, -0.15) is 0 Å². The first-order valence-corrected chi connectivity index (χ1v) is 10.4. The van der Waals surface area contributed by atoms with Crippen molar-refractivity contribution in [1.82, 2.24) is 5.32 Å². The maximum Gasteiger partial charge on any atom is 0.261 e. The fourth-order valence-corrected chi connectivity index (χ4v) is 3.78. The summed E-state index contributed by atoms with van der Waals surface area (Å²) in [6, 6.07) is 22.4. The van der Waals surface area contributed by atoms with Gasteiger partial charge in [0.2, 0.25) is 0 Å². The van der Waals surface area contributed by atoms with Crippen molar-refractivity contribution >= 4 is 21.6 Å². The average molecular weight is 394 g/mol. The van der Waals surface area contributed by atoms with Crippen LogP contribution in [0.4, 0.5) is 5.69 Å². The van der Waals surface area contributed by atoms with E-state index in [-0.39, 0.29) is 16.8 Å². The molecule has 0 spiro atoms. The fraction of sp³-hybridized carbons (Fsp3) is 0.136. The van der Waals surface area contributed by atoms with Crippen LogP contribution in [0.25, 0.3) is 0 Å². The highest BCUT2D eigenvalue weighted by atomic mass is 32.2. The van der Waals surface area contributed by atoms with Crippen molar-refractivity contribution in [3.05, 3.63) is 95.6 Å². The van der Waals surface area contributed by atoms with Crippen LogP contribution >= 0.6 is 0 Å². The summed E-state index contributed by atoms with van der Waals surface area (Å²) in [5.41, 5.74) is 2.93. The van der Waals surface area contributed by atoms with Crippen molar-refractivity contribution in [3.63, 3.8) is 0 Å². The molecule has 1 amide bonds. The topological polar surface area (TPSA) is 75.3 Å². The van der Waals surface area contributed by atoms with E-state index in [4.69, 9.17) is 0 Å². The Balaban J connectivity index is 1.70. The predicted octanol–water partition coefficient (Wildman–Crippen LogP) is 4.29. The number of hydrogen-bond donors (Lipinski definition) is 2. The molecule has 0 aliphatic heterocycles. The van der Waals surface area contributed by atoms with E-state index in [1.807, 2.05) is 56.3 Å². The molecule has 0 aromatic heterocycles. The van der Waals surface area contributed by atoms with Crippen LogP contribution in [-0.2, 0) is 10.0 Å². The monoisotopic (exact) mass is 394 g/mol. The van der Waals surface area contributed by atoms with Crippen molar-refractivity contribution in [2.45, 2.75) is 24.8 Å². The molecule has 0 aliphatic carbocycles. The van der Waals surface area contributed by atoms with Crippen LogP contribution in [0.3, 0.4) is 0 Å². The normalized spacial score (nSPS) is 12.2. The van der Waals surface area contributed by atoms with Gasteiger partial charge in [0.15, 0.2) is 0 Å². The second-order valence-electron chi connectivity index (χ2n) is 6.60. The number of benzene rings is 3. The highest BCUT2D eigenvalue weighted by Gasteiger charge is 2.16. The molecule has 0 bridgehead atoms. The third-order valence-electron chi connectivity index (χ3n) is 4.38. The molecule has 0 aliphatic rings. The van der Waals surface area contributed by atoms with Gasteiger partial charge >= 0.3 is 0 Å². The largest absolute Gasteiger partial charge is 0.346 e. The van der Waals surface area contributed by atoms with Crippen LogP contribution in [0.1, 0.15) is 34.5 Å². The molecular weight excluding hydrogens is 372 g/mol. The van der Waals surface area contributed by atoms with Crippen LogP contribution in [0.15, 0.2) is 83.8 Å². The highest BCUT2D eigenvalue weighted by Crippen LogP contribution is 2.18. The van der Waals surface area contributed by atoms with Gasteiger partial charge < -0.3 is 5.32 Å². The first kappa shape index (κ1) is 19.6. The van der Waals surface area contributed by atoms with Gasteiger partial charge in [-0.25, -0.2) is 8.42 Å². The number of aryl methyl sites for hydroxylation is 1. The minimum absolute atomic E-state index is 0.0979. The Hall–Kier alpha value is -3.12. The van der Waals surface area contributed by atoms with Crippen LogP contribution in [0, 0.1) is 6.92 Å². The Morgan fingerprint density at radius 3 is 2.07 bits per heavy atom. The third-order valence-corrected chi connectivity index (χ3v) is 5.77. The number of nitrogens with one attached hydrogen (secondary N) is 2. The number of carbonyl (C=O) groups excluding carboxylic acids is 1. The lowest BCUT2D eigenvalue weighted by molar-refractivity contribution is 0.0940. The summed E-state index contributed by atoms with van der Waals surface area (Å²) < 4.78 is 27.6. The number of hydrogen-bond acceptors (Lipinski definition) is 3. The molecule has 0 heterocycles. The van der Waals surface area contributed by atoms with Crippen molar-refractivity contribution in [2.75, 3.05) is 4.72 Å². The Morgan fingerprint density at radius 1 is 0.857 bits per heavy atom. The number of carbonyl (C=O) groups is 1. The minimum Gasteiger partial charge on any atom is -0.346 e. The van der Waals surface area contributed by atoms with E-state index in [0.29, 0.717) is 11.3 Å². The van der Waals surface area contributed by atoms with Crippen LogP contribution in [-0.4, -0.2) is 14.3 Å². The number of anilines is 1. The average Bonchev–Trinajstić information content (AvgIpc) is 2.70. The molecule has 1 atom stereocenters. The van der Waals surface area contributed by atoms with Gasteiger partial charge in [-0.1, -0.05) is 48.0 Å². The lowest BCUT2D eigenvalue weighted by Crippen LogP contribution is -2.26. The Kier molecular flexibility index (Phi) is 5.80. The maximum atomic E-state index is 12.5. The smallest absolute Gasteiger partial charge is 0.261 e. The summed E-state index contributed by atoms with van der Waals surface area (Å²) in [7, 11) is -3.72. The van der Waals surface area contributed by atoms with Gasteiger partial charge in [0.1, 0.15) is 0 Å². The number of sulfonamides is 1. The summed E-state index contributed by atoms with van der Waals surface area (Å²) in [5.74, 6) is -0.258. The summed E-state index contributed by atoms with van der Waals surface area (Å²) in [4.78, 5) is 12.5. The Labute approximate surface area is 165 Å². The van der Waals surface area contributed by atoms with E-state index in [2.05, 4.69) is 10.0 Å². The minimum atomic E-state index is -3.72. The highest BCUT2D eigenvalue weighted by molar-refractivity contribution is 7.92. The fourth-order valence-electron chi connectivity index (χ4n) is 2.73. The molecule has 0 saturated carbocycles. The van der Waals surface area contributed by atoms with Crippen molar-refractivity contribution in [3.8, 4) is 0 Å². The molecule has 3 aromatic rings. The molecule has 144 valence electrons. The third kappa shape index (κ3) is 4.78. The number of amides is 1. The van der Waals surface area contributed by atoms with E-state index in [1.165, 1.54) is 24.3 Å². The molecule has 3 rings (SSSR count). The van der Waals surface area contributed by atoms with E-state index >= 15 is 0 Å². The van der Waals surface area contributed by atoms with Crippen LogP contribution < -0.4 is 10.0 Å². The summed E-state index contributed by atoms with van der Waals surface area (Å²) in [6.45, 7) is 3.83. The van der Waals surface area contributed by atoms with E-state index < -0.39 is 10.0 Å². The number of rotatable bonds is 6. The molecule has 3 aromatic carbocycles. The zero-order valence-corrected chi connectivity index (χ0v) is 16.5. The summed E-state index contributed by atoms with van der Waals surface area (Å²) in [6.07, 6.45) is 0. The predicted molar refractivity (Wildman–Crippen MR) is 111 cm³/mol. The summed E-state index contributed by atoms with van der Waals surface area (Å²) >= 11 is 0. The zero-order valence-electron chi connectivity index (χ0n) is 15.7. The van der Waals surface area contributed by atoms with Gasteiger partial charge in [0, 0.05) is 11.3 Å². The van der Waals surface area contributed by atoms with E-state index in [1.54, 1.807) is 12.1 Å². The lowest BCUT2D eigenvalue weighted by Gasteiger charge is -2.14. The van der Waals surface area contributed by atoms with Gasteiger partial charge in [-0.05, 0) is 55.8 Å². The second-order valence-corrected chi connectivity index (χ2v) is 8.28. The first-order valence-electron chi connectivity index (χ1n) is 8.90. The van der Waals surface area contributed by atoms with Gasteiger partial charge in [0.05, 0.1) is 10.9 Å². The van der Waals surface area contributed by atoms with E-state index in [9.17, 15) is 13.2 Å². The standard InChI is InChI=1S/C22H22N2O3S/c1-16-8-12-20(13-9-16)24-28(26,27)21-14-10-19(11-15-21)22(25)23-17(2)18-6-4-3-5-7-18/h3-15,17,24H,1-2H3,(H,23,25)/t17-/m1/s1. The maximum absolute atomic E-state index is 12.5. The van der Waals surface area contributed by atoms with Gasteiger partial charge in [-0.3, -0.25) is 9.52 Å². The Morgan fingerprint density at radius 2 is 1.46 bits per heavy atom. The second kappa shape index (κ2) is 8.27. The van der Waals surface area contributed by atoms with Crippen molar-refractivity contribution in [1.29, 1.82) is 0 Å². The van der Waals surface area contributed by atoms with Gasteiger partial charge in [-0.15, -0.1) is 0 Å². The molecule has 2 N–H and O–H groups in total. The first-order chi connectivity index (χ1) is 13.3. The van der Waals surface area contributed by atoms with E-state index in [0.717, 1.165) is 11.1 Å². The van der Waals surface area contributed by atoms with Crippen molar-refractivity contribution in [2.24, 2.45) is 0 Å². The molecule has 0 radical (unpaired) electrons. The molecule has 28 heavy (non-hydrogen) atoms. The molecule has 0 fully saturated rings. The zero-order chi connectivity index (χ0) is 20.1. The van der Waals surface area contributed by atoms with Crippen LogP contribution in [0.2, 0.25) is 0 Å². The Bertz CT molecular complexity index is 1050. The SMILES string of the molecule is Cc1ccc(NS(=O)(=O)c2ccc(C(=O)N[C@H](C)c3ccccc3)cc2)cc1. The lowest BCUT2D eigenvalue weighted by atomic mass is 10.1. The molecule has 6 heteroatoms. The van der Waals surface area contributed by atoms with Gasteiger partial charge in [0.25, 0.3) is 15.9 Å². The molecule has 0 saturated heterocycles. The van der Waals surface area contributed by atoms with Crippen LogP contribution in [0.5, 0.6) is 0 Å². The molecule has 0 unspecified atom stereocenters. The van der Waals surface area contributed by atoms with Crippen molar-refractivity contribution < 1.29 is 13.2 Å². The molecular formula is C22H22N2O3S. The quantitative estimate of drug-likeness (QED) is 0.655. The molecule has 5 nitrogen and oxygen atoms in total.